The first-order valence-corrected chi connectivity index (χ1v) is 12.3. The molecule has 1 N–H and O–H groups in total. The average Bonchev–Trinajstić information content (AvgIpc) is 2.87. The van der Waals surface area contributed by atoms with Crippen molar-refractivity contribution in [2.45, 2.75) is 64.2 Å². The van der Waals surface area contributed by atoms with Crippen LogP contribution >= 0.6 is 0 Å². The topological polar surface area (TPSA) is 96.6 Å². The minimum atomic E-state index is -0.878. The molecule has 2 aromatic rings. The monoisotopic (exact) mass is 475 g/mol. The SMILES string of the molecule is CCCOc1ccc(OC(=O)C(C#N)=Cc2ccc(C3(C(=O)O)CCC(CCC)CC3)cc2)cc1. The molecule has 6 nitrogen and oxygen atoms in total. The van der Waals surface area contributed by atoms with E-state index in [1.54, 1.807) is 48.5 Å². The minimum absolute atomic E-state index is 0.142. The van der Waals surface area contributed by atoms with Crippen molar-refractivity contribution < 1.29 is 24.2 Å². The molecule has 6 heteroatoms. The highest BCUT2D eigenvalue weighted by atomic mass is 16.5. The van der Waals surface area contributed by atoms with E-state index in [-0.39, 0.29) is 5.57 Å². The van der Waals surface area contributed by atoms with Crippen LogP contribution in [0.4, 0.5) is 0 Å². The molecule has 0 saturated heterocycles. The van der Waals surface area contributed by atoms with Gasteiger partial charge < -0.3 is 14.6 Å². The molecule has 0 heterocycles. The molecule has 0 atom stereocenters. The van der Waals surface area contributed by atoms with Gasteiger partial charge in [-0.05, 0) is 79.5 Å². The molecule has 35 heavy (non-hydrogen) atoms. The Hall–Kier alpha value is -3.59. The van der Waals surface area contributed by atoms with Gasteiger partial charge in [0.2, 0.25) is 0 Å². The van der Waals surface area contributed by atoms with Crippen molar-refractivity contribution in [3.05, 3.63) is 65.2 Å². The Kier molecular flexibility index (Phi) is 9.08. The number of carboxylic acid groups (broad SMARTS) is 1. The van der Waals surface area contributed by atoms with Crippen LogP contribution < -0.4 is 9.47 Å². The summed E-state index contributed by atoms with van der Waals surface area (Å²) in [6.45, 7) is 4.78. The highest BCUT2D eigenvalue weighted by Gasteiger charge is 2.43. The van der Waals surface area contributed by atoms with E-state index in [4.69, 9.17) is 9.47 Å². The Bertz CT molecular complexity index is 1070. The third kappa shape index (κ3) is 6.51. The quantitative estimate of drug-likeness (QED) is 0.187. The van der Waals surface area contributed by atoms with Crippen molar-refractivity contribution >= 4 is 18.0 Å². The van der Waals surface area contributed by atoms with E-state index in [9.17, 15) is 20.0 Å². The second-order valence-corrected chi connectivity index (χ2v) is 9.12. The van der Waals surface area contributed by atoms with Crippen LogP contribution in [0.5, 0.6) is 11.5 Å². The second kappa shape index (κ2) is 12.2. The lowest BCUT2D eigenvalue weighted by molar-refractivity contribution is -0.145. The zero-order valence-corrected chi connectivity index (χ0v) is 20.5. The van der Waals surface area contributed by atoms with Crippen LogP contribution in [-0.2, 0) is 15.0 Å². The van der Waals surface area contributed by atoms with Gasteiger partial charge >= 0.3 is 11.9 Å². The normalized spacial score (nSPS) is 20.0. The third-order valence-corrected chi connectivity index (χ3v) is 6.69. The van der Waals surface area contributed by atoms with Gasteiger partial charge in [0, 0.05) is 0 Å². The summed E-state index contributed by atoms with van der Waals surface area (Å²) in [5.74, 6) is 0.0512. The van der Waals surface area contributed by atoms with Gasteiger partial charge in [0.05, 0.1) is 12.0 Å². The number of nitrogens with zero attached hydrogens (tertiary/aromatic N) is 1. The van der Waals surface area contributed by atoms with E-state index in [2.05, 4.69) is 6.92 Å². The molecule has 0 unspecified atom stereocenters. The first-order valence-electron chi connectivity index (χ1n) is 12.3. The highest BCUT2D eigenvalue weighted by Crippen LogP contribution is 2.43. The predicted molar refractivity (Wildman–Crippen MR) is 134 cm³/mol. The van der Waals surface area contributed by atoms with E-state index in [1.165, 1.54) is 6.08 Å². The van der Waals surface area contributed by atoms with Crippen molar-refractivity contribution in [1.82, 2.24) is 0 Å². The summed E-state index contributed by atoms with van der Waals surface area (Å²) in [4.78, 5) is 24.8. The highest BCUT2D eigenvalue weighted by molar-refractivity contribution is 5.99. The molecule has 0 radical (unpaired) electrons. The van der Waals surface area contributed by atoms with Crippen molar-refractivity contribution in [2.75, 3.05) is 6.61 Å². The number of hydrogen-bond acceptors (Lipinski definition) is 5. The van der Waals surface area contributed by atoms with E-state index in [0.717, 1.165) is 37.7 Å². The Morgan fingerprint density at radius 3 is 2.20 bits per heavy atom. The maximum Gasteiger partial charge on any atom is 0.354 e. The molecular formula is C29H33NO5. The van der Waals surface area contributed by atoms with Crippen LogP contribution in [0.25, 0.3) is 6.08 Å². The zero-order valence-electron chi connectivity index (χ0n) is 20.5. The first kappa shape index (κ1) is 26.0. The van der Waals surface area contributed by atoms with Crippen LogP contribution in [0, 0.1) is 17.2 Å². The average molecular weight is 476 g/mol. The number of ether oxygens (including phenoxy) is 2. The molecular weight excluding hydrogens is 442 g/mol. The Morgan fingerprint density at radius 2 is 1.66 bits per heavy atom. The van der Waals surface area contributed by atoms with Gasteiger partial charge in [-0.25, -0.2) is 4.79 Å². The molecule has 0 spiro atoms. The fraction of sp³-hybridized carbons (Fsp3) is 0.414. The molecule has 1 saturated carbocycles. The summed E-state index contributed by atoms with van der Waals surface area (Å²) in [5.41, 5.74) is 0.377. The standard InChI is InChI=1S/C29H33NO5/c1-3-5-21-14-16-29(17-15-21,28(32)33)24-8-6-22(7-9-24)19-23(20-30)27(31)35-26-12-10-25(11-13-26)34-18-4-2/h6-13,19,21H,3-5,14-18H2,1-2H3,(H,32,33). The number of nitriles is 1. The van der Waals surface area contributed by atoms with E-state index < -0.39 is 17.4 Å². The van der Waals surface area contributed by atoms with Gasteiger partial charge in [-0.3, -0.25) is 4.79 Å². The number of rotatable bonds is 10. The number of carbonyl (C=O) groups is 2. The lowest BCUT2D eigenvalue weighted by atomic mass is 9.66. The van der Waals surface area contributed by atoms with Crippen molar-refractivity contribution in [3.8, 4) is 17.6 Å². The van der Waals surface area contributed by atoms with Gasteiger partial charge in [0.15, 0.2) is 0 Å². The van der Waals surface area contributed by atoms with Crippen LogP contribution in [-0.4, -0.2) is 23.7 Å². The third-order valence-electron chi connectivity index (χ3n) is 6.69. The number of carboxylic acids is 1. The van der Waals surface area contributed by atoms with Gasteiger partial charge in [0.25, 0.3) is 0 Å². The van der Waals surface area contributed by atoms with Crippen LogP contribution in [0.15, 0.2) is 54.1 Å². The maximum absolute atomic E-state index is 12.5. The summed E-state index contributed by atoms with van der Waals surface area (Å²) in [6.07, 6.45) is 7.69. The first-order chi connectivity index (χ1) is 16.9. The number of benzene rings is 2. The fourth-order valence-electron chi connectivity index (χ4n) is 4.68. The van der Waals surface area contributed by atoms with E-state index in [0.29, 0.717) is 42.4 Å². The maximum atomic E-state index is 12.5. The second-order valence-electron chi connectivity index (χ2n) is 9.12. The van der Waals surface area contributed by atoms with Crippen LogP contribution in [0.1, 0.15) is 69.9 Å². The van der Waals surface area contributed by atoms with Crippen molar-refractivity contribution in [2.24, 2.45) is 5.92 Å². The molecule has 2 aromatic carbocycles. The molecule has 0 amide bonds. The van der Waals surface area contributed by atoms with Gasteiger partial charge in [-0.15, -0.1) is 0 Å². The summed E-state index contributed by atoms with van der Waals surface area (Å²) >= 11 is 0. The summed E-state index contributed by atoms with van der Waals surface area (Å²) in [5, 5.41) is 19.6. The largest absolute Gasteiger partial charge is 0.494 e. The molecule has 184 valence electrons. The Balaban J connectivity index is 1.71. The number of esters is 1. The fourth-order valence-corrected chi connectivity index (χ4v) is 4.68. The van der Waals surface area contributed by atoms with Crippen molar-refractivity contribution in [1.29, 1.82) is 5.26 Å². The zero-order chi connectivity index (χ0) is 25.3. The summed E-state index contributed by atoms with van der Waals surface area (Å²) < 4.78 is 10.8. The molecule has 0 aliphatic heterocycles. The number of carbonyl (C=O) groups excluding carboxylic acids is 1. The Labute approximate surface area is 207 Å². The van der Waals surface area contributed by atoms with Gasteiger partial charge in [-0.2, -0.15) is 5.26 Å². The Morgan fingerprint density at radius 1 is 1.03 bits per heavy atom. The van der Waals surface area contributed by atoms with E-state index in [1.807, 2.05) is 13.0 Å². The predicted octanol–water partition coefficient (Wildman–Crippen LogP) is 6.30. The van der Waals surface area contributed by atoms with Gasteiger partial charge in [-0.1, -0.05) is 51.0 Å². The van der Waals surface area contributed by atoms with Gasteiger partial charge in [0.1, 0.15) is 23.1 Å². The molecule has 1 aliphatic carbocycles. The number of hydrogen-bond donors (Lipinski definition) is 1. The summed E-state index contributed by atoms with van der Waals surface area (Å²) in [6, 6.07) is 15.7. The number of aliphatic carboxylic acids is 1. The lowest BCUT2D eigenvalue weighted by Gasteiger charge is -2.37. The minimum Gasteiger partial charge on any atom is -0.494 e. The molecule has 1 aliphatic rings. The van der Waals surface area contributed by atoms with Crippen LogP contribution in [0.2, 0.25) is 0 Å². The molecule has 1 fully saturated rings. The lowest BCUT2D eigenvalue weighted by Crippen LogP contribution is -2.39. The molecule has 0 aromatic heterocycles. The molecule has 3 rings (SSSR count). The smallest absolute Gasteiger partial charge is 0.354 e. The van der Waals surface area contributed by atoms with Crippen molar-refractivity contribution in [3.63, 3.8) is 0 Å². The summed E-state index contributed by atoms with van der Waals surface area (Å²) in [7, 11) is 0. The molecule has 0 bridgehead atoms. The van der Waals surface area contributed by atoms with Crippen LogP contribution in [0.3, 0.4) is 0 Å². The van der Waals surface area contributed by atoms with E-state index >= 15 is 0 Å².